The number of thiophene rings is 1. The Kier molecular flexibility index (Phi) is 5.49. The second-order valence-corrected chi connectivity index (χ2v) is 7.04. The van der Waals surface area contributed by atoms with E-state index >= 15 is 0 Å². The molecule has 0 radical (unpaired) electrons. The van der Waals surface area contributed by atoms with Crippen molar-refractivity contribution in [2.45, 2.75) is 17.7 Å². The minimum Gasteiger partial charge on any atom is -0.396 e. The van der Waals surface area contributed by atoms with E-state index in [1.165, 1.54) is 6.07 Å². The molecule has 8 heteroatoms. The first kappa shape index (κ1) is 14.2. The lowest BCUT2D eigenvalue weighted by molar-refractivity contribution is 0.285. The summed E-state index contributed by atoms with van der Waals surface area (Å²) in [5, 5.41) is 8.55. The largest absolute Gasteiger partial charge is 0.396 e. The van der Waals surface area contributed by atoms with Gasteiger partial charge in [0.05, 0.1) is 4.34 Å². The van der Waals surface area contributed by atoms with Crippen LogP contribution >= 0.6 is 34.5 Å². The molecule has 0 bridgehead atoms. The molecule has 0 atom stereocenters. The van der Waals surface area contributed by atoms with Gasteiger partial charge in [-0.25, -0.2) is 13.1 Å². The molecule has 1 aromatic rings. The number of sulfonamides is 1. The number of nitrogens with one attached hydrogen (secondary N) is 1. The van der Waals surface area contributed by atoms with Crippen molar-refractivity contribution < 1.29 is 13.5 Å². The van der Waals surface area contributed by atoms with Gasteiger partial charge in [0.25, 0.3) is 0 Å². The maximum Gasteiger partial charge on any atom is 0.242 e. The van der Waals surface area contributed by atoms with Crippen LogP contribution < -0.4 is 4.72 Å². The first-order valence-electron chi connectivity index (χ1n) is 4.52. The molecule has 0 spiro atoms. The molecule has 1 aromatic heterocycles. The van der Waals surface area contributed by atoms with Crippen molar-refractivity contribution in [3.05, 3.63) is 14.7 Å². The van der Waals surface area contributed by atoms with Crippen LogP contribution in [0.15, 0.2) is 11.0 Å². The molecule has 1 rings (SSSR count). The SMILES string of the molecule is O=S(=O)(NCCCCO)c1cc(Cl)sc1Cl. The number of hydrogen-bond acceptors (Lipinski definition) is 4. The molecule has 2 N–H and O–H groups in total. The molecular formula is C8H11Cl2NO3S2. The molecule has 0 fully saturated rings. The third-order valence-electron chi connectivity index (χ3n) is 1.79. The van der Waals surface area contributed by atoms with Gasteiger partial charge in [0, 0.05) is 13.2 Å². The van der Waals surface area contributed by atoms with E-state index in [1.807, 2.05) is 0 Å². The summed E-state index contributed by atoms with van der Waals surface area (Å²) in [5.41, 5.74) is 0. The van der Waals surface area contributed by atoms with Crippen LogP contribution in [-0.2, 0) is 10.0 Å². The predicted octanol–water partition coefficient (Wildman–Crippen LogP) is 2.11. The Hall–Kier alpha value is 0.150. The lowest BCUT2D eigenvalue weighted by Gasteiger charge is -2.04. The Balaban J connectivity index is 2.67. The Labute approximate surface area is 108 Å². The van der Waals surface area contributed by atoms with Crippen LogP contribution in [0.3, 0.4) is 0 Å². The van der Waals surface area contributed by atoms with Gasteiger partial charge in [-0.3, -0.25) is 0 Å². The number of halogens is 2. The van der Waals surface area contributed by atoms with E-state index in [-0.39, 0.29) is 22.4 Å². The summed E-state index contributed by atoms with van der Waals surface area (Å²) < 4.78 is 26.3. The fourth-order valence-corrected chi connectivity index (χ4v) is 4.25. The van der Waals surface area contributed by atoms with E-state index in [4.69, 9.17) is 28.3 Å². The molecule has 0 aromatic carbocycles. The van der Waals surface area contributed by atoms with Crippen LogP contribution in [0.4, 0.5) is 0 Å². The molecule has 92 valence electrons. The summed E-state index contributed by atoms with van der Waals surface area (Å²) in [6.45, 7) is 0.319. The second kappa shape index (κ2) is 6.18. The molecular weight excluding hydrogens is 293 g/mol. The third kappa shape index (κ3) is 3.87. The second-order valence-electron chi connectivity index (χ2n) is 3.02. The smallest absolute Gasteiger partial charge is 0.242 e. The average Bonchev–Trinajstić information content (AvgIpc) is 2.53. The molecule has 1 heterocycles. The van der Waals surface area contributed by atoms with Gasteiger partial charge in [-0.1, -0.05) is 23.2 Å². The minimum absolute atomic E-state index is 0.00756. The highest BCUT2D eigenvalue weighted by Crippen LogP contribution is 2.33. The van der Waals surface area contributed by atoms with E-state index in [0.717, 1.165) is 11.3 Å². The summed E-state index contributed by atoms with van der Waals surface area (Å²) in [6.07, 6.45) is 1.13. The van der Waals surface area contributed by atoms with E-state index in [9.17, 15) is 8.42 Å². The van der Waals surface area contributed by atoms with Crippen molar-refractivity contribution in [1.82, 2.24) is 4.72 Å². The highest BCUT2D eigenvalue weighted by atomic mass is 35.5. The molecule has 0 aliphatic carbocycles. The van der Waals surface area contributed by atoms with Gasteiger partial charge in [0.1, 0.15) is 9.23 Å². The molecule has 0 saturated heterocycles. The van der Waals surface area contributed by atoms with Gasteiger partial charge in [0.2, 0.25) is 10.0 Å². The van der Waals surface area contributed by atoms with Gasteiger partial charge in [-0.15, -0.1) is 11.3 Å². The molecule has 0 amide bonds. The van der Waals surface area contributed by atoms with Gasteiger partial charge in [-0.05, 0) is 18.9 Å². The van der Waals surface area contributed by atoms with Gasteiger partial charge in [-0.2, -0.15) is 0 Å². The number of aliphatic hydroxyl groups excluding tert-OH is 1. The first-order chi connectivity index (χ1) is 7.47. The van der Waals surface area contributed by atoms with E-state index < -0.39 is 10.0 Å². The Morgan fingerprint density at radius 1 is 1.38 bits per heavy atom. The van der Waals surface area contributed by atoms with Crippen LogP contribution in [0.25, 0.3) is 0 Å². The zero-order valence-corrected chi connectivity index (χ0v) is 11.4. The molecule has 0 aliphatic heterocycles. The van der Waals surface area contributed by atoms with Crippen molar-refractivity contribution in [2.24, 2.45) is 0 Å². The summed E-state index contributed by atoms with van der Waals surface area (Å²) in [4.78, 5) is 0.00756. The average molecular weight is 304 g/mol. The third-order valence-corrected chi connectivity index (χ3v) is 5.01. The molecule has 0 saturated carbocycles. The number of rotatable bonds is 6. The molecule has 16 heavy (non-hydrogen) atoms. The van der Waals surface area contributed by atoms with Crippen LogP contribution in [0.1, 0.15) is 12.8 Å². The first-order valence-corrected chi connectivity index (χ1v) is 7.58. The Bertz CT molecular complexity index is 444. The standard InChI is InChI=1S/C8H11Cl2NO3S2/c9-7-5-6(8(10)15-7)16(13,14)11-3-1-2-4-12/h5,11-12H,1-4H2. The van der Waals surface area contributed by atoms with Crippen LogP contribution in [0, 0.1) is 0 Å². The highest BCUT2D eigenvalue weighted by molar-refractivity contribution is 7.89. The lowest BCUT2D eigenvalue weighted by atomic mass is 10.3. The lowest BCUT2D eigenvalue weighted by Crippen LogP contribution is -2.24. The van der Waals surface area contributed by atoms with Crippen molar-refractivity contribution in [2.75, 3.05) is 13.2 Å². The van der Waals surface area contributed by atoms with Gasteiger partial charge in [0.15, 0.2) is 0 Å². The normalized spacial score (nSPS) is 11.9. The zero-order valence-electron chi connectivity index (χ0n) is 8.24. The zero-order chi connectivity index (χ0) is 12.2. The van der Waals surface area contributed by atoms with Crippen molar-refractivity contribution in [3.8, 4) is 0 Å². The molecule has 4 nitrogen and oxygen atoms in total. The van der Waals surface area contributed by atoms with E-state index in [2.05, 4.69) is 4.72 Å². The fraction of sp³-hybridized carbons (Fsp3) is 0.500. The molecule has 0 unspecified atom stereocenters. The maximum atomic E-state index is 11.7. The topological polar surface area (TPSA) is 66.4 Å². The van der Waals surface area contributed by atoms with Crippen LogP contribution in [-0.4, -0.2) is 26.7 Å². The quantitative estimate of drug-likeness (QED) is 0.791. The van der Waals surface area contributed by atoms with Gasteiger partial charge >= 0.3 is 0 Å². The minimum atomic E-state index is -3.59. The number of unbranched alkanes of at least 4 members (excludes halogenated alkanes) is 1. The summed E-state index contributed by atoms with van der Waals surface area (Å²) >= 11 is 12.4. The van der Waals surface area contributed by atoms with E-state index in [1.54, 1.807) is 0 Å². The Morgan fingerprint density at radius 2 is 2.06 bits per heavy atom. The monoisotopic (exact) mass is 303 g/mol. The van der Waals surface area contributed by atoms with Crippen LogP contribution in [0.5, 0.6) is 0 Å². The van der Waals surface area contributed by atoms with Crippen molar-refractivity contribution in [3.63, 3.8) is 0 Å². The number of aliphatic hydroxyl groups is 1. The maximum absolute atomic E-state index is 11.7. The van der Waals surface area contributed by atoms with Crippen LogP contribution in [0.2, 0.25) is 8.67 Å². The highest BCUT2D eigenvalue weighted by Gasteiger charge is 2.20. The fourth-order valence-electron chi connectivity index (χ4n) is 1.03. The Morgan fingerprint density at radius 3 is 2.56 bits per heavy atom. The van der Waals surface area contributed by atoms with E-state index in [0.29, 0.717) is 17.2 Å². The molecule has 0 aliphatic rings. The van der Waals surface area contributed by atoms with Crippen molar-refractivity contribution in [1.29, 1.82) is 0 Å². The number of hydrogen-bond donors (Lipinski definition) is 2. The summed E-state index contributed by atoms with van der Waals surface area (Å²) in [7, 11) is -3.59. The predicted molar refractivity (Wildman–Crippen MR) is 65.8 cm³/mol. The summed E-state index contributed by atoms with van der Waals surface area (Å²) in [5.74, 6) is 0. The van der Waals surface area contributed by atoms with Crippen molar-refractivity contribution >= 4 is 44.6 Å². The summed E-state index contributed by atoms with van der Waals surface area (Å²) in [6, 6.07) is 1.32. The van der Waals surface area contributed by atoms with Gasteiger partial charge < -0.3 is 5.11 Å².